The van der Waals surface area contributed by atoms with Gasteiger partial charge in [0.05, 0.1) is 24.1 Å². The summed E-state index contributed by atoms with van der Waals surface area (Å²) < 4.78 is 39.2. The van der Waals surface area contributed by atoms with E-state index in [1.165, 1.54) is 25.0 Å². The molecule has 2 heterocycles. The Morgan fingerprint density at radius 3 is 2.00 bits per heavy atom. The van der Waals surface area contributed by atoms with Crippen LogP contribution in [0.25, 0.3) is 0 Å². The van der Waals surface area contributed by atoms with Crippen LogP contribution in [0.3, 0.4) is 0 Å². The van der Waals surface area contributed by atoms with E-state index in [0.29, 0.717) is 11.4 Å². The highest BCUT2D eigenvalue weighted by Gasteiger charge is 2.24. The van der Waals surface area contributed by atoms with Crippen LogP contribution in [0.15, 0.2) is 54.2 Å². The molecule has 19 heteroatoms. The second-order valence-electron chi connectivity index (χ2n) is 8.92. The van der Waals surface area contributed by atoms with Crippen LogP contribution >= 0.6 is 0 Å². The highest BCUT2D eigenvalue weighted by Crippen LogP contribution is 2.09. The minimum Gasteiger partial charge on any atom is -0.480 e. The van der Waals surface area contributed by atoms with E-state index >= 15 is 0 Å². The van der Waals surface area contributed by atoms with Gasteiger partial charge < -0.3 is 36.3 Å². The maximum absolute atomic E-state index is 13.0. The number of halogens is 1. The van der Waals surface area contributed by atoms with Crippen LogP contribution in [0.4, 0.5) is 9.18 Å². The number of aromatic nitrogens is 4. The number of amides is 5. The zero-order valence-electron chi connectivity index (χ0n) is 22.3. The van der Waals surface area contributed by atoms with Crippen LogP contribution in [-0.4, -0.2) is 88.4 Å². The number of carbonyl (C=O) groups excluding carboxylic acids is 4. The summed E-state index contributed by atoms with van der Waals surface area (Å²) in [6, 6.07) is 0.0197. The minimum absolute atomic E-state index is 0.0318. The number of urea groups is 1. The molecule has 5 amide bonds. The zero-order chi connectivity index (χ0) is 31.4. The maximum atomic E-state index is 13.0. The number of nitrogens with zero attached hydrogens (tertiary/aromatic N) is 2. The van der Waals surface area contributed by atoms with Crippen molar-refractivity contribution in [3.8, 4) is 0 Å². The highest BCUT2D eigenvalue weighted by atomic mass is 32.2. The van der Waals surface area contributed by atoms with Crippen molar-refractivity contribution in [2.75, 3.05) is 13.1 Å². The molecule has 1 aromatic carbocycles. The van der Waals surface area contributed by atoms with E-state index in [2.05, 4.69) is 35.9 Å². The van der Waals surface area contributed by atoms with Gasteiger partial charge >= 0.3 is 12.0 Å². The number of imidazole rings is 2. The van der Waals surface area contributed by atoms with Crippen molar-refractivity contribution in [1.29, 1.82) is 0 Å². The van der Waals surface area contributed by atoms with E-state index in [1.54, 1.807) is 4.72 Å². The quantitative estimate of drug-likeness (QED) is 0.0954. The summed E-state index contributed by atoms with van der Waals surface area (Å²) in [5.74, 6) is -4.14. The molecule has 3 aromatic rings. The molecule has 0 unspecified atom stereocenters. The lowest BCUT2D eigenvalue weighted by Gasteiger charge is -2.18. The molecular formula is C24H28FN9O8S. The van der Waals surface area contributed by atoms with Gasteiger partial charge in [-0.15, -0.1) is 0 Å². The van der Waals surface area contributed by atoms with Gasteiger partial charge in [0.1, 0.15) is 17.9 Å². The number of benzene rings is 1. The summed E-state index contributed by atoms with van der Waals surface area (Å²) in [6.45, 7) is -0.912. The Hall–Kier alpha value is -5.33. The van der Waals surface area contributed by atoms with Gasteiger partial charge in [-0.05, 0) is 24.3 Å². The molecule has 0 aliphatic carbocycles. The molecule has 0 bridgehead atoms. The highest BCUT2D eigenvalue weighted by molar-refractivity contribution is 7.90. The van der Waals surface area contributed by atoms with E-state index < -0.39 is 64.2 Å². The molecule has 43 heavy (non-hydrogen) atoms. The van der Waals surface area contributed by atoms with Crippen molar-refractivity contribution < 1.29 is 41.9 Å². The summed E-state index contributed by atoms with van der Waals surface area (Å²) in [6.07, 6.45) is 5.21. The first-order chi connectivity index (χ1) is 20.4. The molecule has 8 N–H and O–H groups in total. The number of carboxylic acids is 1. The summed E-state index contributed by atoms with van der Waals surface area (Å²) >= 11 is 0. The Kier molecular flexibility index (Phi) is 11.3. The second-order valence-corrected chi connectivity index (χ2v) is 10.6. The number of hydrogen-bond donors (Lipinski definition) is 8. The molecular weight excluding hydrogens is 593 g/mol. The Morgan fingerprint density at radius 1 is 0.860 bits per heavy atom. The Morgan fingerprint density at radius 2 is 1.44 bits per heavy atom. The van der Waals surface area contributed by atoms with Crippen molar-refractivity contribution >= 4 is 39.7 Å². The lowest BCUT2D eigenvalue weighted by molar-refractivity contribution is -0.141. The number of nitrogens with one attached hydrogen (secondary N) is 7. The van der Waals surface area contributed by atoms with Gasteiger partial charge in [0.2, 0.25) is 17.7 Å². The topological polar surface area (TPSA) is 257 Å². The van der Waals surface area contributed by atoms with Gasteiger partial charge in [0.25, 0.3) is 10.0 Å². The first-order valence-electron chi connectivity index (χ1n) is 12.5. The van der Waals surface area contributed by atoms with Gasteiger partial charge in [-0.25, -0.2) is 37.1 Å². The first-order valence-corrected chi connectivity index (χ1v) is 14.0. The van der Waals surface area contributed by atoms with E-state index in [-0.39, 0.29) is 30.7 Å². The van der Waals surface area contributed by atoms with Crippen molar-refractivity contribution in [1.82, 2.24) is 45.9 Å². The van der Waals surface area contributed by atoms with Crippen molar-refractivity contribution in [2.45, 2.75) is 36.2 Å². The number of hydrogen-bond acceptors (Lipinski definition) is 9. The lowest BCUT2D eigenvalue weighted by Crippen LogP contribution is -2.52. The predicted octanol–water partition coefficient (Wildman–Crippen LogP) is -1.69. The Balaban J connectivity index is 1.49. The third-order valence-electron chi connectivity index (χ3n) is 5.65. The van der Waals surface area contributed by atoms with Crippen LogP contribution in [0.5, 0.6) is 0 Å². The van der Waals surface area contributed by atoms with Crippen LogP contribution < -0.4 is 26.0 Å². The molecule has 2 atom stereocenters. The van der Waals surface area contributed by atoms with Gasteiger partial charge in [-0.2, -0.15) is 0 Å². The lowest BCUT2D eigenvalue weighted by atomic mass is 10.1. The van der Waals surface area contributed by atoms with E-state index in [0.717, 1.165) is 24.3 Å². The molecule has 230 valence electrons. The third-order valence-corrected chi connectivity index (χ3v) is 7.00. The minimum atomic E-state index is -4.34. The third kappa shape index (κ3) is 10.5. The molecule has 0 radical (unpaired) electrons. The molecule has 0 aliphatic heterocycles. The molecule has 0 aliphatic rings. The molecule has 3 rings (SSSR count). The summed E-state index contributed by atoms with van der Waals surface area (Å²) in [7, 11) is -4.34. The van der Waals surface area contributed by atoms with Crippen molar-refractivity contribution in [3.05, 3.63) is 66.5 Å². The smallest absolute Gasteiger partial charge is 0.329 e. The number of aliphatic carboxylic acids is 1. The average molecular weight is 622 g/mol. The molecule has 0 fully saturated rings. The molecule has 0 saturated carbocycles. The largest absolute Gasteiger partial charge is 0.480 e. The standard InChI is InChI=1S/C24H28FN9O8S/c25-14-1-3-17(4-2-14)43(41,42)34-24(40)29-11-21(36)32-18(7-15-9-26-12-30-15)22(37)28-6-5-20(35)33-19(23(38)39)8-16-10-27-13-31-16/h1-4,9-10,12-13,18-19H,5-8,11H2,(H,26,30)(H,27,31)(H,28,37)(H,32,36)(H,33,35)(H,38,39)(H2,29,34,40)/t18-,19+/m1/s1. The number of H-pyrrole nitrogens is 2. The number of carboxylic acid groups (broad SMARTS) is 1. The monoisotopic (exact) mass is 621 g/mol. The van der Waals surface area contributed by atoms with E-state index in [4.69, 9.17) is 0 Å². The van der Waals surface area contributed by atoms with Gasteiger partial charge in [0, 0.05) is 49.6 Å². The van der Waals surface area contributed by atoms with Crippen LogP contribution in [0.2, 0.25) is 0 Å². The molecule has 17 nitrogen and oxygen atoms in total. The fraction of sp³-hybridized carbons (Fsp3) is 0.292. The van der Waals surface area contributed by atoms with Gasteiger partial charge in [-0.1, -0.05) is 0 Å². The number of sulfonamides is 1. The molecule has 0 saturated heterocycles. The number of rotatable bonds is 15. The van der Waals surface area contributed by atoms with Crippen LogP contribution in [-0.2, 0) is 42.0 Å². The fourth-order valence-corrected chi connectivity index (χ4v) is 4.50. The van der Waals surface area contributed by atoms with Gasteiger partial charge in [-0.3, -0.25) is 14.4 Å². The second kappa shape index (κ2) is 15.1. The summed E-state index contributed by atoms with van der Waals surface area (Å²) in [5, 5.41) is 18.7. The number of carbonyl (C=O) groups is 5. The van der Waals surface area contributed by atoms with E-state index in [9.17, 15) is 41.9 Å². The summed E-state index contributed by atoms with van der Waals surface area (Å²) in [5.41, 5.74) is 0.970. The predicted molar refractivity (Wildman–Crippen MR) is 144 cm³/mol. The maximum Gasteiger partial charge on any atom is 0.329 e. The Labute approximate surface area is 243 Å². The first kappa shape index (κ1) is 32.2. The average Bonchev–Trinajstić information content (AvgIpc) is 3.66. The van der Waals surface area contributed by atoms with E-state index in [1.807, 2.05) is 5.32 Å². The van der Waals surface area contributed by atoms with Crippen molar-refractivity contribution in [2.24, 2.45) is 0 Å². The van der Waals surface area contributed by atoms with Crippen LogP contribution in [0, 0.1) is 5.82 Å². The van der Waals surface area contributed by atoms with Crippen LogP contribution in [0.1, 0.15) is 17.8 Å². The molecule has 2 aromatic heterocycles. The summed E-state index contributed by atoms with van der Waals surface area (Å²) in [4.78, 5) is 73.9. The Bertz CT molecular complexity index is 1510. The van der Waals surface area contributed by atoms with Crippen molar-refractivity contribution in [3.63, 3.8) is 0 Å². The fourth-order valence-electron chi connectivity index (χ4n) is 3.57. The number of aromatic amines is 2. The molecule has 0 spiro atoms. The van der Waals surface area contributed by atoms with Gasteiger partial charge in [0.15, 0.2) is 0 Å². The SMILES string of the molecule is O=C(CCNC(=O)[C@@H](Cc1cnc[nH]1)NC(=O)CNC(=O)NS(=O)(=O)c1ccc(F)cc1)N[C@@H](Cc1cnc[nH]1)C(=O)O. The zero-order valence-corrected chi connectivity index (χ0v) is 23.1. The normalized spacial score (nSPS) is 12.4.